The van der Waals surface area contributed by atoms with Gasteiger partial charge in [0.2, 0.25) is 0 Å². The Morgan fingerprint density at radius 1 is 1.14 bits per heavy atom. The maximum Gasteiger partial charge on any atom is 0.191 e. The second-order valence-corrected chi connectivity index (χ2v) is 8.01. The molecule has 1 aromatic carbocycles. The molecule has 0 amide bonds. The number of ether oxygens (including phenoxy) is 1. The molecule has 2 saturated heterocycles. The Bertz CT molecular complexity index is 608. The van der Waals surface area contributed by atoms with Gasteiger partial charge in [-0.25, -0.2) is 0 Å². The van der Waals surface area contributed by atoms with Crippen LogP contribution in [0.5, 0.6) is 0 Å². The van der Waals surface area contributed by atoms with Crippen molar-refractivity contribution in [3.63, 3.8) is 0 Å². The highest BCUT2D eigenvalue weighted by Crippen LogP contribution is 2.24. The van der Waals surface area contributed by atoms with Crippen molar-refractivity contribution in [3.8, 4) is 0 Å². The van der Waals surface area contributed by atoms with Crippen molar-refractivity contribution >= 4 is 29.9 Å². The van der Waals surface area contributed by atoms with Gasteiger partial charge in [-0.1, -0.05) is 30.3 Å². The molecule has 0 bridgehead atoms. The first kappa shape index (κ1) is 24.4. The summed E-state index contributed by atoms with van der Waals surface area (Å²) in [7, 11) is 1.85. The number of benzene rings is 1. The molecule has 2 heterocycles. The third-order valence-corrected chi connectivity index (χ3v) is 6.00. The van der Waals surface area contributed by atoms with Crippen molar-refractivity contribution in [2.45, 2.75) is 44.8 Å². The van der Waals surface area contributed by atoms with Crippen molar-refractivity contribution in [2.24, 2.45) is 4.99 Å². The topological polar surface area (TPSA) is 52.1 Å². The van der Waals surface area contributed by atoms with Crippen LogP contribution in [-0.2, 0) is 4.74 Å². The zero-order valence-electron chi connectivity index (χ0n) is 18.1. The Kier molecular flexibility index (Phi) is 10.7. The number of nitrogens with one attached hydrogen (secondary N) is 2. The zero-order chi connectivity index (χ0) is 19.8. The third kappa shape index (κ3) is 7.08. The number of hydrogen-bond acceptors (Lipinski definition) is 4. The second kappa shape index (κ2) is 12.7. The number of hydrogen-bond donors (Lipinski definition) is 2. The Balaban J connectivity index is 0.00000300. The molecule has 0 radical (unpaired) electrons. The summed E-state index contributed by atoms with van der Waals surface area (Å²) in [6.07, 6.45) is 2.59. The van der Waals surface area contributed by atoms with Gasteiger partial charge in [0, 0.05) is 38.8 Å². The molecule has 3 atom stereocenters. The van der Waals surface area contributed by atoms with Crippen molar-refractivity contribution in [3.05, 3.63) is 35.9 Å². The van der Waals surface area contributed by atoms with E-state index in [1.165, 1.54) is 31.5 Å². The summed E-state index contributed by atoms with van der Waals surface area (Å²) < 4.78 is 5.56. The molecular formula is C22H38IN5O. The Hall–Kier alpha value is -0.900. The van der Waals surface area contributed by atoms with Gasteiger partial charge in [0.05, 0.1) is 19.3 Å². The number of likely N-dealkylation sites (tertiary alicyclic amines) is 1. The summed E-state index contributed by atoms with van der Waals surface area (Å²) in [5, 5.41) is 7.09. The standard InChI is InChI=1S/C22H37N5O.HI/c1-18(27-13-14-28-17-19(27)2)15-24-22(23-3)25-16-21(26-11-7-8-12-26)20-9-5-4-6-10-20;/h4-6,9-10,18-19,21H,7-8,11-17H2,1-3H3,(H2,23,24,25);1H. The lowest BCUT2D eigenvalue weighted by Crippen LogP contribution is -2.53. The van der Waals surface area contributed by atoms with Crippen LogP contribution < -0.4 is 10.6 Å². The highest BCUT2D eigenvalue weighted by molar-refractivity contribution is 14.0. The number of rotatable bonds is 7. The van der Waals surface area contributed by atoms with Gasteiger partial charge in [-0.15, -0.1) is 24.0 Å². The quantitative estimate of drug-likeness (QED) is 0.333. The number of guanidine groups is 1. The minimum atomic E-state index is 0. The monoisotopic (exact) mass is 515 g/mol. The van der Waals surface area contributed by atoms with E-state index in [1.807, 2.05) is 7.05 Å². The van der Waals surface area contributed by atoms with E-state index in [1.54, 1.807) is 0 Å². The van der Waals surface area contributed by atoms with Gasteiger partial charge < -0.3 is 15.4 Å². The first-order valence-corrected chi connectivity index (χ1v) is 10.8. The van der Waals surface area contributed by atoms with Crippen LogP contribution in [-0.4, -0.2) is 80.8 Å². The highest BCUT2D eigenvalue weighted by atomic mass is 127. The maximum atomic E-state index is 5.56. The van der Waals surface area contributed by atoms with E-state index in [0.29, 0.717) is 18.1 Å². The number of aliphatic imine (C=N–C) groups is 1. The molecular weight excluding hydrogens is 477 g/mol. The van der Waals surface area contributed by atoms with Crippen molar-refractivity contribution in [2.75, 3.05) is 53.0 Å². The molecule has 0 spiro atoms. The second-order valence-electron chi connectivity index (χ2n) is 8.01. The van der Waals surface area contributed by atoms with E-state index >= 15 is 0 Å². The normalized spacial score (nSPS) is 23.3. The van der Waals surface area contributed by atoms with Crippen LogP contribution in [0.25, 0.3) is 0 Å². The third-order valence-electron chi connectivity index (χ3n) is 6.00. The van der Waals surface area contributed by atoms with Crippen LogP contribution >= 0.6 is 24.0 Å². The molecule has 164 valence electrons. The Labute approximate surface area is 193 Å². The van der Waals surface area contributed by atoms with Crippen LogP contribution in [0.4, 0.5) is 0 Å². The molecule has 2 aliphatic heterocycles. The summed E-state index contributed by atoms with van der Waals surface area (Å²) in [6, 6.07) is 12.1. The molecule has 7 heteroatoms. The maximum absolute atomic E-state index is 5.56. The molecule has 6 nitrogen and oxygen atoms in total. The van der Waals surface area contributed by atoms with Crippen molar-refractivity contribution in [1.29, 1.82) is 0 Å². The van der Waals surface area contributed by atoms with Crippen LogP contribution in [0.1, 0.15) is 38.3 Å². The predicted octanol–water partition coefficient (Wildman–Crippen LogP) is 2.72. The minimum Gasteiger partial charge on any atom is -0.379 e. The lowest BCUT2D eigenvalue weighted by Gasteiger charge is -2.38. The van der Waals surface area contributed by atoms with Crippen LogP contribution in [0, 0.1) is 0 Å². The fraction of sp³-hybridized carbons (Fsp3) is 0.682. The Morgan fingerprint density at radius 2 is 1.83 bits per heavy atom. The fourth-order valence-corrected chi connectivity index (χ4v) is 4.36. The molecule has 0 aromatic heterocycles. The fourth-order valence-electron chi connectivity index (χ4n) is 4.36. The summed E-state index contributed by atoms with van der Waals surface area (Å²) in [4.78, 5) is 9.55. The number of morpholine rings is 1. The van der Waals surface area contributed by atoms with E-state index < -0.39 is 0 Å². The molecule has 29 heavy (non-hydrogen) atoms. The largest absolute Gasteiger partial charge is 0.379 e. The molecule has 2 aliphatic rings. The smallest absolute Gasteiger partial charge is 0.191 e. The molecule has 2 N–H and O–H groups in total. The number of nitrogens with zero attached hydrogens (tertiary/aromatic N) is 3. The van der Waals surface area contributed by atoms with Gasteiger partial charge in [-0.2, -0.15) is 0 Å². The average Bonchev–Trinajstić information content (AvgIpc) is 3.26. The lowest BCUT2D eigenvalue weighted by molar-refractivity contribution is -0.0174. The minimum absolute atomic E-state index is 0. The first-order valence-electron chi connectivity index (χ1n) is 10.8. The predicted molar refractivity (Wildman–Crippen MR) is 131 cm³/mol. The highest BCUT2D eigenvalue weighted by Gasteiger charge is 2.25. The van der Waals surface area contributed by atoms with E-state index in [-0.39, 0.29) is 24.0 Å². The summed E-state index contributed by atoms with van der Waals surface area (Å²) in [6.45, 7) is 11.3. The van der Waals surface area contributed by atoms with Crippen molar-refractivity contribution in [1.82, 2.24) is 20.4 Å². The SMILES string of the molecule is CN=C(NCC(c1ccccc1)N1CCCC1)NCC(C)N1CCOCC1C.I. The summed E-state index contributed by atoms with van der Waals surface area (Å²) >= 11 is 0. The van der Waals surface area contributed by atoms with E-state index in [9.17, 15) is 0 Å². The van der Waals surface area contributed by atoms with Crippen LogP contribution in [0.15, 0.2) is 35.3 Å². The van der Waals surface area contributed by atoms with Gasteiger partial charge in [-0.05, 0) is 45.3 Å². The first-order chi connectivity index (χ1) is 13.7. The van der Waals surface area contributed by atoms with E-state index in [0.717, 1.165) is 38.8 Å². The lowest BCUT2D eigenvalue weighted by atomic mass is 10.1. The van der Waals surface area contributed by atoms with Crippen LogP contribution in [0.2, 0.25) is 0 Å². The van der Waals surface area contributed by atoms with Gasteiger partial charge in [-0.3, -0.25) is 14.8 Å². The zero-order valence-corrected chi connectivity index (χ0v) is 20.5. The summed E-state index contributed by atoms with van der Waals surface area (Å²) in [5.74, 6) is 0.882. The van der Waals surface area contributed by atoms with E-state index in [4.69, 9.17) is 4.74 Å². The molecule has 1 aromatic rings. The molecule has 3 unspecified atom stereocenters. The van der Waals surface area contributed by atoms with Gasteiger partial charge in [0.15, 0.2) is 5.96 Å². The van der Waals surface area contributed by atoms with Gasteiger partial charge in [0.25, 0.3) is 0 Å². The van der Waals surface area contributed by atoms with Gasteiger partial charge >= 0.3 is 0 Å². The molecule has 0 aliphatic carbocycles. The molecule has 0 saturated carbocycles. The van der Waals surface area contributed by atoms with Crippen LogP contribution in [0.3, 0.4) is 0 Å². The average molecular weight is 515 g/mol. The summed E-state index contributed by atoms with van der Waals surface area (Å²) in [5.41, 5.74) is 1.38. The van der Waals surface area contributed by atoms with E-state index in [2.05, 4.69) is 69.6 Å². The molecule has 3 rings (SSSR count). The number of halogens is 1. The Morgan fingerprint density at radius 3 is 2.48 bits per heavy atom. The molecule has 2 fully saturated rings. The van der Waals surface area contributed by atoms with Gasteiger partial charge in [0.1, 0.15) is 0 Å². The van der Waals surface area contributed by atoms with Crippen molar-refractivity contribution < 1.29 is 4.74 Å².